The van der Waals surface area contributed by atoms with Gasteiger partial charge in [-0.25, -0.2) is 9.37 Å². The van der Waals surface area contributed by atoms with Crippen LogP contribution in [0.1, 0.15) is 79.6 Å². The number of nitrogens with zero attached hydrogens (tertiary/aromatic N) is 2. The molecule has 4 rings (SSSR count). The smallest absolute Gasteiger partial charge is 0.206 e. The third-order valence-electron chi connectivity index (χ3n) is 7.47. The lowest BCUT2D eigenvalue weighted by atomic mass is 9.89. The molecular weight excluding hydrogens is 503 g/mol. The molecule has 0 spiro atoms. The molecule has 40 heavy (non-hydrogen) atoms. The number of fused-ring (bicyclic) bond motifs is 1. The van der Waals surface area contributed by atoms with Crippen LogP contribution in [0, 0.1) is 25.6 Å². The minimum Gasteiger partial charge on any atom is -0.508 e. The number of pyridine rings is 1. The first-order valence-corrected chi connectivity index (χ1v) is 13.9. The van der Waals surface area contributed by atoms with Crippen LogP contribution in [0.15, 0.2) is 66.2 Å². The summed E-state index contributed by atoms with van der Waals surface area (Å²) in [7, 11) is 1.58. The van der Waals surface area contributed by atoms with Crippen molar-refractivity contribution in [3.05, 3.63) is 94.4 Å². The maximum atomic E-state index is 14.2. The van der Waals surface area contributed by atoms with E-state index in [0.717, 1.165) is 36.0 Å². The average molecular weight is 543 g/mol. The van der Waals surface area contributed by atoms with Gasteiger partial charge >= 0.3 is 0 Å². The number of methoxy groups -OCH3 is 1. The minimum atomic E-state index is -0.305. The standard InChI is InChI=1S/C34H39FN2O3/c1-21(2)9-7-10-25(17-23(4)26-14-13-22(3)29(38)20-26)19-30(39)33-34(27-15-16-28(35)24(5)18-27)37-31(36-33)11-8-12-32(37)40-6/h8,11-16,18-21,23,38H,7,9-10,17H2,1-6H3. The SMILES string of the molecule is COc1cccc2nc(C(=O)C=C(CCCC(C)C)CC(C)c3ccc(C)c(O)c3)c(-c3ccc(F)c(C)c3)n12. The molecule has 2 aromatic carbocycles. The van der Waals surface area contributed by atoms with Crippen molar-refractivity contribution in [3.63, 3.8) is 0 Å². The van der Waals surface area contributed by atoms with Crippen LogP contribution in [-0.2, 0) is 0 Å². The zero-order valence-electron chi connectivity index (χ0n) is 24.3. The van der Waals surface area contributed by atoms with Gasteiger partial charge in [0.1, 0.15) is 22.9 Å². The van der Waals surface area contributed by atoms with E-state index in [1.807, 2.05) is 47.7 Å². The van der Waals surface area contributed by atoms with Crippen molar-refractivity contribution in [2.75, 3.05) is 7.11 Å². The van der Waals surface area contributed by atoms with Gasteiger partial charge in [-0.05, 0) is 104 Å². The highest BCUT2D eigenvalue weighted by atomic mass is 19.1. The van der Waals surface area contributed by atoms with Crippen molar-refractivity contribution < 1.29 is 19.0 Å². The summed E-state index contributed by atoms with van der Waals surface area (Å²) in [6.45, 7) is 10.1. The van der Waals surface area contributed by atoms with E-state index < -0.39 is 0 Å². The van der Waals surface area contributed by atoms with Gasteiger partial charge in [-0.3, -0.25) is 9.20 Å². The second-order valence-corrected chi connectivity index (χ2v) is 11.1. The molecule has 6 heteroatoms. The molecule has 1 atom stereocenters. The number of aromatic nitrogens is 2. The Hall–Kier alpha value is -3.93. The number of imidazole rings is 1. The fraction of sp³-hybridized carbons (Fsp3) is 0.353. The van der Waals surface area contributed by atoms with Gasteiger partial charge in [0.2, 0.25) is 5.78 Å². The third-order valence-corrected chi connectivity index (χ3v) is 7.47. The Bertz CT molecular complexity index is 1550. The average Bonchev–Trinajstić information content (AvgIpc) is 3.31. The Kier molecular flexibility index (Phi) is 9.08. The van der Waals surface area contributed by atoms with Crippen molar-refractivity contribution in [1.29, 1.82) is 0 Å². The molecule has 2 aromatic heterocycles. The quantitative estimate of drug-likeness (QED) is 0.152. The van der Waals surface area contributed by atoms with Crippen LogP contribution in [0.4, 0.5) is 4.39 Å². The normalized spacial score (nSPS) is 12.8. The number of hydrogen-bond donors (Lipinski definition) is 1. The number of phenolic OH excluding ortho intramolecular Hbond substituents is 1. The van der Waals surface area contributed by atoms with Crippen molar-refractivity contribution >= 4 is 11.4 Å². The van der Waals surface area contributed by atoms with E-state index in [1.54, 1.807) is 32.2 Å². The van der Waals surface area contributed by atoms with Gasteiger partial charge < -0.3 is 9.84 Å². The highest BCUT2D eigenvalue weighted by molar-refractivity contribution is 6.08. The number of benzene rings is 2. The van der Waals surface area contributed by atoms with E-state index in [-0.39, 0.29) is 23.3 Å². The number of hydrogen-bond acceptors (Lipinski definition) is 4. The van der Waals surface area contributed by atoms with Gasteiger partial charge in [0.05, 0.1) is 12.8 Å². The molecule has 0 aliphatic rings. The number of halogens is 1. The van der Waals surface area contributed by atoms with Gasteiger partial charge in [-0.15, -0.1) is 0 Å². The lowest BCUT2D eigenvalue weighted by molar-refractivity contribution is 0.104. The Balaban J connectivity index is 1.78. The van der Waals surface area contributed by atoms with E-state index in [0.29, 0.717) is 46.4 Å². The number of carbonyl (C=O) groups is 1. The van der Waals surface area contributed by atoms with E-state index in [9.17, 15) is 14.3 Å². The highest BCUT2D eigenvalue weighted by Crippen LogP contribution is 2.33. The Morgan fingerprint density at radius 1 is 1.07 bits per heavy atom. The van der Waals surface area contributed by atoms with Crippen LogP contribution in [0.5, 0.6) is 11.6 Å². The van der Waals surface area contributed by atoms with Gasteiger partial charge in [0.25, 0.3) is 0 Å². The second kappa shape index (κ2) is 12.5. The Labute approximate surface area is 236 Å². The molecule has 0 fully saturated rings. The van der Waals surface area contributed by atoms with Crippen LogP contribution in [-0.4, -0.2) is 27.4 Å². The maximum absolute atomic E-state index is 14.2. The molecule has 1 unspecified atom stereocenters. The number of aromatic hydroxyl groups is 1. The molecule has 1 N–H and O–H groups in total. The summed E-state index contributed by atoms with van der Waals surface area (Å²) in [6.07, 6.45) is 5.27. The fourth-order valence-electron chi connectivity index (χ4n) is 5.12. The van der Waals surface area contributed by atoms with Crippen LogP contribution in [0.3, 0.4) is 0 Å². The molecule has 0 bridgehead atoms. The molecule has 0 saturated carbocycles. The molecule has 0 amide bonds. The van der Waals surface area contributed by atoms with E-state index in [2.05, 4.69) is 20.8 Å². The van der Waals surface area contributed by atoms with Crippen LogP contribution in [0.25, 0.3) is 16.9 Å². The molecule has 0 saturated heterocycles. The maximum Gasteiger partial charge on any atom is 0.206 e. The summed E-state index contributed by atoms with van der Waals surface area (Å²) < 4.78 is 21.6. The summed E-state index contributed by atoms with van der Waals surface area (Å²) >= 11 is 0. The summed E-state index contributed by atoms with van der Waals surface area (Å²) in [6, 6.07) is 16.1. The zero-order chi connectivity index (χ0) is 29.0. The molecule has 0 aliphatic heterocycles. The van der Waals surface area contributed by atoms with E-state index in [1.165, 1.54) is 6.07 Å². The molecule has 0 aliphatic carbocycles. The molecule has 2 heterocycles. The molecular formula is C34H39FN2O3. The van der Waals surface area contributed by atoms with Crippen LogP contribution >= 0.6 is 0 Å². The number of ether oxygens (including phenoxy) is 1. The highest BCUT2D eigenvalue weighted by Gasteiger charge is 2.23. The summed E-state index contributed by atoms with van der Waals surface area (Å²) in [5.74, 6) is 1.01. The first kappa shape index (κ1) is 29.1. The van der Waals surface area contributed by atoms with Gasteiger partial charge in [-0.1, -0.05) is 51.0 Å². The van der Waals surface area contributed by atoms with E-state index in [4.69, 9.17) is 9.72 Å². The van der Waals surface area contributed by atoms with Gasteiger partial charge in [0.15, 0.2) is 5.88 Å². The van der Waals surface area contributed by atoms with Crippen molar-refractivity contribution in [2.24, 2.45) is 5.92 Å². The number of carbonyl (C=O) groups excluding carboxylic acids is 1. The monoisotopic (exact) mass is 542 g/mol. The van der Waals surface area contributed by atoms with Crippen LogP contribution in [0.2, 0.25) is 0 Å². The second-order valence-electron chi connectivity index (χ2n) is 11.1. The molecule has 5 nitrogen and oxygen atoms in total. The first-order chi connectivity index (χ1) is 19.1. The zero-order valence-corrected chi connectivity index (χ0v) is 24.3. The van der Waals surface area contributed by atoms with Crippen molar-refractivity contribution in [2.45, 2.75) is 66.2 Å². The molecule has 4 aromatic rings. The number of phenols is 1. The largest absolute Gasteiger partial charge is 0.508 e. The van der Waals surface area contributed by atoms with Gasteiger partial charge in [-0.2, -0.15) is 0 Å². The van der Waals surface area contributed by atoms with Crippen molar-refractivity contribution in [1.82, 2.24) is 9.38 Å². The lowest BCUT2D eigenvalue weighted by Crippen LogP contribution is -2.04. The first-order valence-electron chi connectivity index (χ1n) is 13.9. The Morgan fingerprint density at radius 2 is 1.85 bits per heavy atom. The summed E-state index contributed by atoms with van der Waals surface area (Å²) in [5.41, 5.74) is 5.56. The van der Waals surface area contributed by atoms with Crippen molar-refractivity contribution in [3.8, 4) is 22.9 Å². The summed E-state index contributed by atoms with van der Waals surface area (Å²) in [4.78, 5) is 18.7. The molecule has 210 valence electrons. The Morgan fingerprint density at radius 3 is 2.52 bits per heavy atom. The lowest BCUT2D eigenvalue weighted by Gasteiger charge is -2.16. The number of allylic oxidation sites excluding steroid dienone is 2. The third kappa shape index (κ3) is 6.44. The van der Waals surface area contributed by atoms with E-state index >= 15 is 0 Å². The number of aryl methyl sites for hydroxylation is 2. The van der Waals surface area contributed by atoms with Crippen LogP contribution < -0.4 is 4.74 Å². The number of ketones is 1. The predicted octanol–water partition coefficient (Wildman–Crippen LogP) is 8.60. The molecule has 0 radical (unpaired) electrons. The van der Waals surface area contributed by atoms with Gasteiger partial charge in [0, 0.05) is 5.56 Å². The number of rotatable bonds is 11. The minimum absolute atomic E-state index is 0.116. The fourth-order valence-corrected chi connectivity index (χ4v) is 5.12. The topological polar surface area (TPSA) is 63.8 Å². The predicted molar refractivity (Wildman–Crippen MR) is 159 cm³/mol. The summed E-state index contributed by atoms with van der Waals surface area (Å²) in [5, 5.41) is 10.3.